The van der Waals surface area contributed by atoms with Crippen molar-refractivity contribution in [2.45, 2.75) is 38.8 Å². The van der Waals surface area contributed by atoms with Gasteiger partial charge in [0, 0.05) is 17.8 Å². The number of aromatic nitrogens is 1. The van der Waals surface area contributed by atoms with Crippen LogP contribution in [0.2, 0.25) is 0 Å². The van der Waals surface area contributed by atoms with Gasteiger partial charge in [0.25, 0.3) is 0 Å². The Labute approximate surface area is 103 Å². The van der Waals surface area contributed by atoms with Gasteiger partial charge < -0.3 is 15.2 Å². The highest BCUT2D eigenvalue weighted by Gasteiger charge is 2.23. The molecule has 17 heavy (non-hydrogen) atoms. The van der Waals surface area contributed by atoms with Gasteiger partial charge in [-0.15, -0.1) is 0 Å². The van der Waals surface area contributed by atoms with Crippen molar-refractivity contribution in [2.75, 3.05) is 13.7 Å². The van der Waals surface area contributed by atoms with Gasteiger partial charge >= 0.3 is 0 Å². The maximum Gasteiger partial charge on any atom is 0.137 e. The van der Waals surface area contributed by atoms with Crippen LogP contribution >= 0.6 is 0 Å². The van der Waals surface area contributed by atoms with Crippen LogP contribution in [0.3, 0.4) is 0 Å². The monoisotopic (exact) mass is 238 g/mol. The molecule has 0 aliphatic heterocycles. The Bertz CT molecular complexity index is 351. The molecule has 0 radical (unpaired) electrons. The first kappa shape index (κ1) is 13.9. The molecular weight excluding hydrogens is 216 g/mol. The molecule has 1 heterocycles. The Morgan fingerprint density at radius 1 is 1.47 bits per heavy atom. The third-order valence-electron chi connectivity index (χ3n) is 2.74. The fourth-order valence-electron chi connectivity index (χ4n) is 1.57. The average Bonchev–Trinajstić information content (AvgIpc) is 2.28. The lowest BCUT2D eigenvalue weighted by molar-refractivity contribution is 0.0469. The van der Waals surface area contributed by atoms with Gasteiger partial charge in [-0.3, -0.25) is 4.98 Å². The summed E-state index contributed by atoms with van der Waals surface area (Å²) < 4.78 is 5.10. The molecule has 0 aliphatic rings. The fraction of sp³-hybridized carbons (Fsp3) is 0.615. The van der Waals surface area contributed by atoms with E-state index in [4.69, 9.17) is 4.74 Å². The maximum atomic E-state index is 10.4. The molecule has 0 saturated carbocycles. The first-order valence-electron chi connectivity index (χ1n) is 5.91. The van der Waals surface area contributed by atoms with Crippen LogP contribution in [0.15, 0.2) is 18.5 Å². The van der Waals surface area contributed by atoms with Gasteiger partial charge in [-0.1, -0.05) is 13.8 Å². The van der Waals surface area contributed by atoms with E-state index in [-0.39, 0.29) is 0 Å². The summed E-state index contributed by atoms with van der Waals surface area (Å²) in [5.41, 5.74) is -0.105. The maximum absolute atomic E-state index is 10.4. The van der Waals surface area contributed by atoms with Gasteiger partial charge in [0.15, 0.2) is 0 Å². The lowest BCUT2D eigenvalue weighted by Gasteiger charge is -2.24. The van der Waals surface area contributed by atoms with Crippen molar-refractivity contribution in [1.82, 2.24) is 10.3 Å². The number of methoxy groups -OCH3 is 1. The molecule has 0 aliphatic carbocycles. The molecule has 1 aromatic rings. The zero-order chi connectivity index (χ0) is 12.9. The molecule has 1 aromatic heterocycles. The van der Waals surface area contributed by atoms with Gasteiger partial charge in [0.05, 0.1) is 18.9 Å². The molecule has 96 valence electrons. The van der Waals surface area contributed by atoms with Gasteiger partial charge in [-0.25, -0.2) is 0 Å². The lowest BCUT2D eigenvalue weighted by Crippen LogP contribution is -2.31. The molecule has 0 bridgehead atoms. The average molecular weight is 238 g/mol. The van der Waals surface area contributed by atoms with E-state index in [1.807, 2.05) is 6.07 Å². The van der Waals surface area contributed by atoms with E-state index in [1.165, 1.54) is 0 Å². The van der Waals surface area contributed by atoms with Crippen molar-refractivity contribution in [3.63, 3.8) is 0 Å². The molecule has 0 spiro atoms. The fourth-order valence-corrected chi connectivity index (χ4v) is 1.57. The zero-order valence-corrected chi connectivity index (χ0v) is 11.0. The minimum Gasteiger partial charge on any atom is -0.495 e. The number of nitrogens with one attached hydrogen (secondary N) is 1. The molecule has 4 heteroatoms. The number of aliphatic hydroxyl groups is 1. The van der Waals surface area contributed by atoms with E-state index in [2.05, 4.69) is 24.1 Å². The third kappa shape index (κ3) is 4.32. The second-order valence-corrected chi connectivity index (χ2v) is 4.75. The van der Waals surface area contributed by atoms with Crippen LogP contribution in [0, 0.1) is 0 Å². The summed E-state index contributed by atoms with van der Waals surface area (Å²) >= 11 is 0. The summed E-state index contributed by atoms with van der Waals surface area (Å²) in [4.78, 5) is 4.06. The minimum absolute atomic E-state index is 0.425. The Balaban J connectivity index is 2.67. The van der Waals surface area contributed by atoms with E-state index in [9.17, 15) is 5.11 Å². The van der Waals surface area contributed by atoms with Crippen LogP contribution in [0.5, 0.6) is 5.75 Å². The third-order valence-corrected chi connectivity index (χ3v) is 2.74. The second kappa shape index (κ2) is 5.98. The van der Waals surface area contributed by atoms with Crippen molar-refractivity contribution < 1.29 is 9.84 Å². The number of nitrogens with zero attached hydrogens (tertiary/aromatic N) is 1. The van der Waals surface area contributed by atoms with Crippen molar-refractivity contribution in [1.29, 1.82) is 0 Å². The van der Waals surface area contributed by atoms with E-state index in [0.717, 1.165) is 12.1 Å². The van der Waals surface area contributed by atoms with E-state index in [1.54, 1.807) is 26.4 Å². The van der Waals surface area contributed by atoms with Gasteiger partial charge in [0.1, 0.15) is 5.75 Å². The first-order valence-corrected chi connectivity index (χ1v) is 5.91. The SMILES string of the molecule is COc1cncc(C(C)(O)CCNC(C)C)c1. The molecule has 0 aromatic carbocycles. The van der Waals surface area contributed by atoms with Gasteiger partial charge in [0.2, 0.25) is 0 Å². The summed E-state index contributed by atoms with van der Waals surface area (Å²) in [5.74, 6) is 0.666. The summed E-state index contributed by atoms with van der Waals surface area (Å²) in [6.45, 7) is 6.73. The zero-order valence-electron chi connectivity index (χ0n) is 11.0. The van der Waals surface area contributed by atoms with E-state index < -0.39 is 5.60 Å². The molecule has 1 rings (SSSR count). The van der Waals surface area contributed by atoms with Crippen LogP contribution in [-0.4, -0.2) is 29.8 Å². The van der Waals surface area contributed by atoms with Gasteiger partial charge in [-0.05, 0) is 26.0 Å². The molecule has 1 atom stereocenters. The van der Waals surface area contributed by atoms with Crippen LogP contribution in [-0.2, 0) is 5.60 Å². The summed E-state index contributed by atoms with van der Waals surface area (Å²) in [5, 5.41) is 13.7. The van der Waals surface area contributed by atoms with Crippen LogP contribution in [0.1, 0.15) is 32.8 Å². The molecule has 4 nitrogen and oxygen atoms in total. The predicted octanol–water partition coefficient (Wildman–Crippen LogP) is 1.69. The largest absolute Gasteiger partial charge is 0.495 e. The molecule has 1 unspecified atom stereocenters. The van der Waals surface area contributed by atoms with E-state index in [0.29, 0.717) is 18.2 Å². The molecule has 2 N–H and O–H groups in total. The number of ether oxygens (including phenoxy) is 1. The van der Waals surface area contributed by atoms with Crippen molar-refractivity contribution in [3.8, 4) is 5.75 Å². The second-order valence-electron chi connectivity index (χ2n) is 4.75. The standard InChI is InChI=1S/C13H22N2O2/c1-10(2)15-6-5-13(3,16)11-7-12(17-4)9-14-8-11/h7-10,15-16H,5-6H2,1-4H3. The Morgan fingerprint density at radius 3 is 2.76 bits per heavy atom. The Morgan fingerprint density at radius 2 is 2.18 bits per heavy atom. The van der Waals surface area contributed by atoms with Crippen molar-refractivity contribution in [2.24, 2.45) is 0 Å². The topological polar surface area (TPSA) is 54.4 Å². The normalized spacial score (nSPS) is 14.7. The number of hydrogen-bond acceptors (Lipinski definition) is 4. The summed E-state index contributed by atoms with van der Waals surface area (Å²) in [7, 11) is 1.59. The minimum atomic E-state index is -0.885. The van der Waals surface area contributed by atoms with Gasteiger partial charge in [-0.2, -0.15) is 0 Å². The molecule has 0 fully saturated rings. The van der Waals surface area contributed by atoms with Crippen LogP contribution in [0.4, 0.5) is 0 Å². The Hall–Kier alpha value is -1.13. The lowest BCUT2D eigenvalue weighted by atomic mass is 9.94. The number of rotatable bonds is 6. The highest BCUT2D eigenvalue weighted by Crippen LogP contribution is 2.25. The molecular formula is C13H22N2O2. The van der Waals surface area contributed by atoms with Crippen molar-refractivity contribution >= 4 is 0 Å². The quantitative estimate of drug-likeness (QED) is 0.792. The highest BCUT2D eigenvalue weighted by molar-refractivity contribution is 5.27. The molecule has 0 amide bonds. The van der Waals surface area contributed by atoms with E-state index >= 15 is 0 Å². The Kier molecular flexibility index (Phi) is 4.90. The first-order chi connectivity index (χ1) is 7.95. The number of pyridine rings is 1. The van der Waals surface area contributed by atoms with Crippen molar-refractivity contribution in [3.05, 3.63) is 24.0 Å². The van der Waals surface area contributed by atoms with Crippen LogP contribution < -0.4 is 10.1 Å². The predicted molar refractivity (Wildman–Crippen MR) is 68.1 cm³/mol. The summed E-state index contributed by atoms with van der Waals surface area (Å²) in [6.07, 6.45) is 3.95. The van der Waals surface area contributed by atoms with Crippen LogP contribution in [0.25, 0.3) is 0 Å². The summed E-state index contributed by atoms with van der Waals surface area (Å²) in [6, 6.07) is 2.25. The molecule has 0 saturated heterocycles. The number of hydrogen-bond donors (Lipinski definition) is 2. The smallest absolute Gasteiger partial charge is 0.137 e. The highest BCUT2D eigenvalue weighted by atomic mass is 16.5.